The molecule has 1 saturated heterocycles. The highest BCUT2D eigenvalue weighted by atomic mass is 16.3. The lowest BCUT2D eigenvalue weighted by Gasteiger charge is -2.65. The zero-order valence-electron chi connectivity index (χ0n) is 21.5. The van der Waals surface area contributed by atoms with Crippen LogP contribution in [0.4, 0.5) is 0 Å². The van der Waals surface area contributed by atoms with Crippen LogP contribution in [-0.2, 0) is 16.6 Å². The number of piperidine rings is 1. The Balaban J connectivity index is 1.30. The molecule has 2 aromatic carbocycles. The van der Waals surface area contributed by atoms with Gasteiger partial charge in [-0.1, -0.05) is 35.9 Å². The van der Waals surface area contributed by atoms with Crippen LogP contribution >= 0.6 is 0 Å². The van der Waals surface area contributed by atoms with E-state index in [1.54, 1.807) is 12.1 Å². The average Bonchev–Trinajstić information content (AvgIpc) is 3.68. The lowest BCUT2D eigenvalue weighted by atomic mass is 9.48. The van der Waals surface area contributed by atoms with Gasteiger partial charge in [-0.25, -0.2) is 0 Å². The summed E-state index contributed by atoms with van der Waals surface area (Å²) in [4.78, 5) is 17.7. The van der Waals surface area contributed by atoms with Gasteiger partial charge < -0.3 is 15.1 Å². The molecule has 2 bridgehead atoms. The minimum absolute atomic E-state index is 0.00185. The van der Waals surface area contributed by atoms with Crippen LogP contribution in [0.15, 0.2) is 48.5 Å². The van der Waals surface area contributed by atoms with Crippen molar-refractivity contribution in [1.82, 2.24) is 9.80 Å². The Labute approximate surface area is 214 Å². The first-order valence-electron chi connectivity index (χ1n) is 13.6. The molecule has 2 saturated carbocycles. The van der Waals surface area contributed by atoms with E-state index in [2.05, 4.69) is 30.0 Å². The predicted octanol–water partition coefficient (Wildman–Crippen LogP) is 4.43. The van der Waals surface area contributed by atoms with Crippen molar-refractivity contribution >= 4 is 12.0 Å². The van der Waals surface area contributed by atoms with Gasteiger partial charge >= 0.3 is 0 Å². The molecule has 2 aromatic rings. The number of carbonyl (C=O) groups is 1. The maximum atomic E-state index is 13.2. The second-order valence-electron chi connectivity index (χ2n) is 11.8. The Kier molecular flexibility index (Phi) is 5.77. The fourth-order valence-corrected chi connectivity index (χ4v) is 7.50. The van der Waals surface area contributed by atoms with Gasteiger partial charge in [0.2, 0.25) is 5.91 Å². The molecule has 4 aliphatic rings. The van der Waals surface area contributed by atoms with Gasteiger partial charge in [0.15, 0.2) is 0 Å². The van der Waals surface area contributed by atoms with Gasteiger partial charge in [-0.2, -0.15) is 0 Å². The number of phenols is 1. The van der Waals surface area contributed by atoms with Gasteiger partial charge in [0, 0.05) is 37.2 Å². The Morgan fingerprint density at radius 3 is 2.78 bits per heavy atom. The van der Waals surface area contributed by atoms with Crippen LogP contribution in [0, 0.1) is 12.8 Å². The number of amides is 1. The molecule has 0 unspecified atom stereocenters. The second kappa shape index (κ2) is 8.74. The molecule has 190 valence electrons. The van der Waals surface area contributed by atoms with E-state index in [0.29, 0.717) is 6.42 Å². The maximum absolute atomic E-state index is 13.2. The van der Waals surface area contributed by atoms with Gasteiger partial charge in [-0.05, 0) is 99.2 Å². The van der Waals surface area contributed by atoms with Crippen LogP contribution in [0.2, 0.25) is 0 Å². The molecule has 4 atom stereocenters. The number of aliphatic hydroxyl groups is 1. The molecule has 5 nitrogen and oxygen atoms in total. The number of rotatable bonds is 5. The number of aryl methyl sites for hydroxylation is 1. The molecule has 1 aliphatic heterocycles. The van der Waals surface area contributed by atoms with Crippen molar-refractivity contribution in [2.45, 2.75) is 75.0 Å². The van der Waals surface area contributed by atoms with Crippen LogP contribution in [0.5, 0.6) is 5.75 Å². The largest absolute Gasteiger partial charge is 0.508 e. The Bertz CT molecular complexity index is 1200. The summed E-state index contributed by atoms with van der Waals surface area (Å²) in [6, 6.07) is 14.0. The molecule has 3 fully saturated rings. The van der Waals surface area contributed by atoms with Gasteiger partial charge in [0.05, 0.1) is 5.60 Å². The predicted molar refractivity (Wildman–Crippen MR) is 142 cm³/mol. The van der Waals surface area contributed by atoms with Crippen molar-refractivity contribution in [2.24, 2.45) is 5.92 Å². The summed E-state index contributed by atoms with van der Waals surface area (Å²) in [7, 11) is 1.90. The zero-order chi connectivity index (χ0) is 25.1. The molecule has 5 heteroatoms. The summed E-state index contributed by atoms with van der Waals surface area (Å²) in [5.74, 6) is 1.04. The summed E-state index contributed by atoms with van der Waals surface area (Å²) < 4.78 is 0. The van der Waals surface area contributed by atoms with Crippen molar-refractivity contribution in [3.63, 3.8) is 0 Å². The minimum Gasteiger partial charge on any atom is -0.508 e. The monoisotopic (exact) mass is 486 g/mol. The van der Waals surface area contributed by atoms with Gasteiger partial charge in [-0.15, -0.1) is 0 Å². The number of fused-ring (bicyclic) bond motifs is 1. The molecule has 0 spiro atoms. The quantitative estimate of drug-likeness (QED) is 0.614. The number of likely N-dealkylation sites (tertiary alicyclic amines) is 1. The fraction of sp³-hybridized carbons (Fsp3) is 0.516. The van der Waals surface area contributed by atoms with Gasteiger partial charge in [0.1, 0.15) is 5.75 Å². The second-order valence-corrected chi connectivity index (χ2v) is 11.8. The Hall–Kier alpha value is -2.63. The van der Waals surface area contributed by atoms with E-state index in [4.69, 9.17) is 0 Å². The molecule has 0 radical (unpaired) electrons. The molecule has 2 N–H and O–H groups in total. The maximum Gasteiger partial charge on any atom is 0.246 e. The smallest absolute Gasteiger partial charge is 0.246 e. The third kappa shape index (κ3) is 3.88. The van der Waals surface area contributed by atoms with Gasteiger partial charge in [0.25, 0.3) is 0 Å². The van der Waals surface area contributed by atoms with E-state index in [0.717, 1.165) is 55.8 Å². The lowest BCUT2D eigenvalue weighted by Crippen LogP contribution is -2.74. The SMILES string of the molecule is Cc1cccc(C=CC(=O)N(C)[C@H]2CC[C@@]3(O)[C@H]4Cc5ccc(O)cc5[C@@]3(CCN4CC3CC3)C2)c1. The van der Waals surface area contributed by atoms with E-state index in [-0.39, 0.29) is 23.7 Å². The van der Waals surface area contributed by atoms with E-state index < -0.39 is 11.0 Å². The topological polar surface area (TPSA) is 64.0 Å². The highest BCUT2D eigenvalue weighted by molar-refractivity contribution is 5.91. The van der Waals surface area contributed by atoms with Crippen LogP contribution in [0.1, 0.15) is 60.8 Å². The Morgan fingerprint density at radius 1 is 1.17 bits per heavy atom. The molecular formula is C31H38N2O3. The van der Waals surface area contributed by atoms with Crippen molar-refractivity contribution in [3.05, 3.63) is 70.8 Å². The third-order valence-corrected chi connectivity index (χ3v) is 9.66. The number of hydrogen-bond acceptors (Lipinski definition) is 4. The minimum atomic E-state index is -0.835. The highest BCUT2D eigenvalue weighted by Gasteiger charge is 2.65. The number of phenolic OH excluding ortho intramolecular Hbond substituents is 1. The summed E-state index contributed by atoms with van der Waals surface area (Å²) in [5.41, 5.74) is 3.27. The first-order valence-corrected chi connectivity index (χ1v) is 13.6. The lowest BCUT2D eigenvalue weighted by molar-refractivity contribution is -0.177. The normalized spacial score (nSPS) is 31.6. The summed E-state index contributed by atoms with van der Waals surface area (Å²) in [6.07, 6.45) is 10.1. The zero-order valence-corrected chi connectivity index (χ0v) is 21.5. The first-order chi connectivity index (χ1) is 17.3. The van der Waals surface area contributed by atoms with E-state index in [1.807, 2.05) is 36.2 Å². The number of nitrogens with zero attached hydrogens (tertiary/aromatic N) is 2. The highest BCUT2D eigenvalue weighted by Crippen LogP contribution is 2.59. The number of carbonyl (C=O) groups excluding carboxylic acids is 1. The van der Waals surface area contributed by atoms with Crippen LogP contribution in [-0.4, -0.2) is 63.7 Å². The van der Waals surface area contributed by atoms with Gasteiger partial charge in [-0.3, -0.25) is 9.69 Å². The number of hydrogen-bond donors (Lipinski definition) is 2. The van der Waals surface area contributed by atoms with Crippen molar-refractivity contribution < 1.29 is 15.0 Å². The van der Waals surface area contributed by atoms with Crippen molar-refractivity contribution in [2.75, 3.05) is 20.1 Å². The third-order valence-electron chi connectivity index (χ3n) is 9.66. The molecule has 36 heavy (non-hydrogen) atoms. The van der Waals surface area contributed by atoms with Crippen LogP contribution < -0.4 is 0 Å². The molecule has 1 heterocycles. The van der Waals surface area contributed by atoms with Crippen molar-refractivity contribution in [3.8, 4) is 5.75 Å². The average molecular weight is 487 g/mol. The van der Waals surface area contributed by atoms with E-state index in [9.17, 15) is 15.0 Å². The van der Waals surface area contributed by atoms with E-state index >= 15 is 0 Å². The number of likely N-dealkylation sites (N-methyl/N-ethyl adjacent to an activating group) is 1. The van der Waals surface area contributed by atoms with Crippen molar-refractivity contribution in [1.29, 1.82) is 0 Å². The number of benzene rings is 2. The van der Waals surface area contributed by atoms with Crippen LogP contribution in [0.25, 0.3) is 6.08 Å². The van der Waals surface area contributed by atoms with Crippen LogP contribution in [0.3, 0.4) is 0 Å². The molecule has 6 rings (SSSR count). The summed E-state index contributed by atoms with van der Waals surface area (Å²) in [5, 5.41) is 22.9. The fourth-order valence-electron chi connectivity index (χ4n) is 7.50. The standard InChI is InChI=1S/C31H38N2O3/c1-21-4-3-5-22(16-21)8-11-29(35)32(2)25-12-13-31(36)28-17-24-9-10-26(34)18-27(24)30(31,19-25)14-15-33(28)20-23-6-7-23/h3-5,8-11,16,18,23,25,28,34,36H,6-7,12-15,17,19-20H2,1-2H3/t25-,28+,30+,31+/m0/s1. The van der Waals surface area contributed by atoms with E-state index in [1.165, 1.54) is 24.0 Å². The summed E-state index contributed by atoms with van der Waals surface area (Å²) >= 11 is 0. The number of aromatic hydroxyl groups is 1. The molecular weight excluding hydrogens is 448 g/mol. The molecule has 0 aromatic heterocycles. The summed E-state index contributed by atoms with van der Waals surface area (Å²) in [6.45, 7) is 4.11. The first kappa shape index (κ1) is 23.7. The molecule has 3 aliphatic carbocycles. The Morgan fingerprint density at radius 2 is 2.00 bits per heavy atom. The molecule has 1 amide bonds.